The SMILES string of the molecule is CN1CCC[NH+]2CCCN=C12.O=C([O-])Cc1ccc2oc3ccccc3c(=O)c2c1. The number of para-hydroxylation sites is 1. The number of fused-ring (bicyclic) bond motifs is 3. The molecule has 2 aliphatic heterocycles. The molecule has 0 aliphatic carbocycles. The Kier molecular flexibility index (Phi) is 5.81. The van der Waals surface area contributed by atoms with Crippen molar-refractivity contribution in [2.24, 2.45) is 4.99 Å². The van der Waals surface area contributed by atoms with Crippen LogP contribution >= 0.6 is 0 Å². The highest BCUT2D eigenvalue weighted by atomic mass is 16.4. The number of aliphatic imine (C=N–C) groups is 1. The summed E-state index contributed by atoms with van der Waals surface area (Å²) in [5.74, 6) is 0.132. The Hall–Kier alpha value is -3.19. The van der Waals surface area contributed by atoms with E-state index in [-0.39, 0.29) is 11.8 Å². The van der Waals surface area contributed by atoms with E-state index in [1.165, 1.54) is 38.4 Å². The van der Waals surface area contributed by atoms with Gasteiger partial charge in [0.1, 0.15) is 11.2 Å². The van der Waals surface area contributed by atoms with Crippen LogP contribution in [0.2, 0.25) is 0 Å². The number of carbonyl (C=O) groups excluding carboxylic acids is 1. The van der Waals surface area contributed by atoms with E-state index >= 15 is 0 Å². The maximum Gasteiger partial charge on any atom is 0.298 e. The molecule has 5 rings (SSSR count). The molecule has 3 heterocycles. The van der Waals surface area contributed by atoms with Gasteiger partial charge in [-0.25, -0.2) is 4.99 Å². The molecule has 0 radical (unpaired) electrons. The minimum absolute atomic E-state index is 0.156. The fraction of sp³-hybridized carbons (Fsp3) is 0.348. The third-order valence-electron chi connectivity index (χ3n) is 5.54. The van der Waals surface area contributed by atoms with Crippen molar-refractivity contribution in [3.8, 4) is 0 Å². The summed E-state index contributed by atoms with van der Waals surface area (Å²) in [4.78, 5) is 31.3. The number of carboxylic acids is 1. The largest absolute Gasteiger partial charge is 0.550 e. The minimum Gasteiger partial charge on any atom is -0.550 e. The van der Waals surface area contributed by atoms with Crippen molar-refractivity contribution in [1.82, 2.24) is 4.90 Å². The van der Waals surface area contributed by atoms with Crippen LogP contribution in [0.25, 0.3) is 21.9 Å². The van der Waals surface area contributed by atoms with Crippen LogP contribution in [0.1, 0.15) is 18.4 Å². The lowest BCUT2D eigenvalue weighted by atomic mass is 10.1. The van der Waals surface area contributed by atoms with E-state index < -0.39 is 5.97 Å². The standard InChI is InChI=1S/C15H10O4.C8H15N3/c16-14(17)8-9-5-6-13-11(7-9)15(18)10-3-1-2-4-12(10)19-13;1-10-5-3-7-11-6-2-4-9-8(10)11/h1-7H,8H2,(H,16,17);2-7H2,1H3. The Morgan fingerprint density at radius 3 is 2.70 bits per heavy atom. The first-order valence-corrected chi connectivity index (χ1v) is 10.3. The molecule has 7 heteroatoms. The lowest BCUT2D eigenvalue weighted by molar-refractivity contribution is -0.818. The summed E-state index contributed by atoms with van der Waals surface area (Å²) < 4.78 is 5.62. The summed E-state index contributed by atoms with van der Waals surface area (Å²) in [6, 6.07) is 11.7. The van der Waals surface area contributed by atoms with E-state index in [2.05, 4.69) is 16.9 Å². The van der Waals surface area contributed by atoms with Crippen molar-refractivity contribution in [2.75, 3.05) is 33.2 Å². The van der Waals surface area contributed by atoms with Gasteiger partial charge in [0.05, 0.1) is 30.4 Å². The molecule has 2 aromatic carbocycles. The molecule has 1 atom stereocenters. The van der Waals surface area contributed by atoms with Gasteiger partial charge in [-0.05, 0) is 29.8 Å². The highest BCUT2D eigenvalue weighted by molar-refractivity contribution is 5.90. The van der Waals surface area contributed by atoms with Crippen LogP contribution in [0.15, 0.2) is 56.7 Å². The zero-order valence-electron chi connectivity index (χ0n) is 17.0. The molecular weight excluding hydrogens is 382 g/mol. The Balaban J connectivity index is 0.000000168. The number of quaternary nitrogens is 1. The molecule has 0 spiro atoms. The van der Waals surface area contributed by atoms with Crippen molar-refractivity contribution in [3.63, 3.8) is 0 Å². The molecule has 3 aromatic rings. The second kappa shape index (κ2) is 8.67. The average Bonchev–Trinajstić information content (AvgIpc) is 2.75. The fourth-order valence-corrected chi connectivity index (χ4v) is 4.09. The third kappa shape index (κ3) is 4.21. The monoisotopic (exact) mass is 407 g/mol. The van der Waals surface area contributed by atoms with Gasteiger partial charge >= 0.3 is 0 Å². The summed E-state index contributed by atoms with van der Waals surface area (Å²) in [6.45, 7) is 4.83. The number of benzene rings is 2. The van der Waals surface area contributed by atoms with Gasteiger partial charge in [-0.3, -0.25) is 9.69 Å². The van der Waals surface area contributed by atoms with Crippen LogP contribution in [0, 0.1) is 0 Å². The smallest absolute Gasteiger partial charge is 0.298 e. The lowest BCUT2D eigenvalue weighted by Gasteiger charge is -2.33. The van der Waals surface area contributed by atoms with Crippen molar-refractivity contribution in [2.45, 2.75) is 19.3 Å². The molecule has 0 amide bonds. The first kappa shape index (κ1) is 20.1. The van der Waals surface area contributed by atoms with Gasteiger partial charge < -0.3 is 19.2 Å². The number of rotatable bonds is 2. The Morgan fingerprint density at radius 1 is 1.13 bits per heavy atom. The summed E-state index contributed by atoms with van der Waals surface area (Å²) in [6.07, 6.45) is 2.37. The summed E-state index contributed by atoms with van der Waals surface area (Å²) >= 11 is 0. The lowest BCUT2D eigenvalue weighted by Crippen LogP contribution is -3.18. The Labute approximate surface area is 174 Å². The highest BCUT2D eigenvalue weighted by Gasteiger charge is 2.27. The maximum atomic E-state index is 12.3. The number of guanidine groups is 1. The zero-order valence-corrected chi connectivity index (χ0v) is 17.0. The van der Waals surface area contributed by atoms with Crippen molar-refractivity contribution < 1.29 is 19.2 Å². The number of nitrogens with zero attached hydrogens (tertiary/aromatic N) is 2. The van der Waals surface area contributed by atoms with Gasteiger partial charge in [-0.15, -0.1) is 0 Å². The Morgan fingerprint density at radius 2 is 1.90 bits per heavy atom. The van der Waals surface area contributed by atoms with Gasteiger partial charge in [-0.1, -0.05) is 18.2 Å². The molecule has 7 nitrogen and oxygen atoms in total. The van der Waals surface area contributed by atoms with E-state index in [0.717, 1.165) is 6.54 Å². The second-order valence-electron chi connectivity index (χ2n) is 7.74. The first-order chi connectivity index (χ1) is 14.5. The molecule has 1 saturated heterocycles. The van der Waals surface area contributed by atoms with Crippen molar-refractivity contribution >= 4 is 33.9 Å². The number of carboxylic acid groups (broad SMARTS) is 1. The van der Waals surface area contributed by atoms with Gasteiger partial charge in [0.2, 0.25) is 5.43 Å². The van der Waals surface area contributed by atoms with Crippen LogP contribution < -0.4 is 15.4 Å². The Bertz CT molecular complexity index is 1170. The third-order valence-corrected chi connectivity index (χ3v) is 5.54. The predicted molar refractivity (Wildman–Crippen MR) is 114 cm³/mol. The van der Waals surface area contributed by atoms with Gasteiger partial charge in [0.15, 0.2) is 0 Å². The van der Waals surface area contributed by atoms with Crippen LogP contribution in [0.3, 0.4) is 0 Å². The normalized spacial score (nSPS) is 18.4. The molecule has 156 valence electrons. The average molecular weight is 407 g/mol. The maximum absolute atomic E-state index is 12.3. The number of hydrogen-bond acceptors (Lipinski definition) is 6. The van der Waals surface area contributed by atoms with E-state index in [9.17, 15) is 14.7 Å². The second-order valence-corrected chi connectivity index (χ2v) is 7.74. The number of aliphatic carboxylic acids is 1. The number of nitrogens with one attached hydrogen (secondary N) is 1. The predicted octanol–water partition coefficient (Wildman–Crippen LogP) is 0.205. The van der Waals surface area contributed by atoms with Gasteiger partial charge in [0, 0.05) is 38.8 Å². The van der Waals surface area contributed by atoms with Crippen LogP contribution in [-0.4, -0.2) is 50.1 Å². The van der Waals surface area contributed by atoms with Crippen LogP contribution in [0.4, 0.5) is 0 Å². The zero-order chi connectivity index (χ0) is 21.1. The van der Waals surface area contributed by atoms with E-state index in [4.69, 9.17) is 4.42 Å². The summed E-state index contributed by atoms with van der Waals surface area (Å²) in [5.41, 5.74) is 1.34. The molecular formula is C23H25N3O4. The molecule has 1 aromatic heterocycles. The summed E-state index contributed by atoms with van der Waals surface area (Å²) in [5, 5.41) is 11.5. The van der Waals surface area contributed by atoms with E-state index in [1.807, 2.05) is 0 Å². The minimum atomic E-state index is -1.18. The van der Waals surface area contributed by atoms with Crippen LogP contribution in [0.5, 0.6) is 0 Å². The molecule has 30 heavy (non-hydrogen) atoms. The number of carbonyl (C=O) groups is 1. The van der Waals surface area contributed by atoms with Gasteiger partial charge in [-0.2, -0.15) is 0 Å². The van der Waals surface area contributed by atoms with Crippen LogP contribution in [-0.2, 0) is 11.2 Å². The van der Waals surface area contributed by atoms with E-state index in [0.29, 0.717) is 27.5 Å². The molecule has 2 aliphatic rings. The van der Waals surface area contributed by atoms with Crippen molar-refractivity contribution in [1.29, 1.82) is 0 Å². The molecule has 1 unspecified atom stereocenters. The molecule has 1 fully saturated rings. The molecule has 0 bridgehead atoms. The fourth-order valence-electron chi connectivity index (χ4n) is 4.09. The molecule has 0 saturated carbocycles. The highest BCUT2D eigenvalue weighted by Crippen LogP contribution is 2.19. The van der Waals surface area contributed by atoms with Crippen molar-refractivity contribution in [3.05, 3.63) is 58.3 Å². The molecule has 1 N–H and O–H groups in total. The quantitative estimate of drug-likeness (QED) is 0.613. The number of hydrogen-bond donors (Lipinski definition) is 1. The topological polar surface area (TPSA) is 90.4 Å². The first-order valence-electron chi connectivity index (χ1n) is 10.3. The summed E-state index contributed by atoms with van der Waals surface area (Å²) in [7, 11) is 2.16. The van der Waals surface area contributed by atoms with E-state index in [1.54, 1.807) is 47.4 Å². The van der Waals surface area contributed by atoms with Gasteiger partial charge in [0.25, 0.3) is 5.96 Å².